The van der Waals surface area contributed by atoms with Gasteiger partial charge in [-0.05, 0) is 36.6 Å². The predicted octanol–water partition coefficient (Wildman–Crippen LogP) is 4.09. The van der Waals surface area contributed by atoms with E-state index in [4.69, 9.17) is 23.2 Å². The molecule has 138 valence electrons. The third kappa shape index (κ3) is 5.48. The van der Waals surface area contributed by atoms with Gasteiger partial charge in [0.15, 0.2) is 0 Å². The van der Waals surface area contributed by atoms with Crippen molar-refractivity contribution in [1.29, 1.82) is 0 Å². The zero-order chi connectivity index (χ0) is 19.1. The molecule has 0 fully saturated rings. The SMILES string of the molecule is CNC(=O)[C@H](C)N(Cc1ccc(Cl)cc1Cl)C(=O)CCc1ccccc1. The maximum atomic E-state index is 12.8. The van der Waals surface area contributed by atoms with Crippen molar-refractivity contribution in [2.45, 2.75) is 32.4 Å². The zero-order valence-electron chi connectivity index (χ0n) is 14.8. The van der Waals surface area contributed by atoms with Crippen LogP contribution in [0.1, 0.15) is 24.5 Å². The van der Waals surface area contributed by atoms with Crippen molar-refractivity contribution < 1.29 is 9.59 Å². The second-order valence-electron chi connectivity index (χ2n) is 6.03. The Balaban J connectivity index is 2.16. The molecule has 2 amide bonds. The molecule has 0 saturated heterocycles. The lowest BCUT2D eigenvalue weighted by Crippen LogP contribution is -2.46. The third-order valence-corrected chi connectivity index (χ3v) is 4.83. The number of aryl methyl sites for hydroxylation is 1. The summed E-state index contributed by atoms with van der Waals surface area (Å²) < 4.78 is 0. The van der Waals surface area contributed by atoms with Gasteiger partial charge in [-0.15, -0.1) is 0 Å². The van der Waals surface area contributed by atoms with Crippen LogP contribution >= 0.6 is 23.2 Å². The molecule has 0 spiro atoms. The van der Waals surface area contributed by atoms with E-state index in [9.17, 15) is 9.59 Å². The van der Waals surface area contributed by atoms with Crippen LogP contribution in [0.3, 0.4) is 0 Å². The van der Waals surface area contributed by atoms with Crippen LogP contribution in [-0.4, -0.2) is 29.8 Å². The van der Waals surface area contributed by atoms with Gasteiger partial charge in [0.25, 0.3) is 0 Å². The minimum absolute atomic E-state index is 0.101. The van der Waals surface area contributed by atoms with Crippen LogP contribution < -0.4 is 5.32 Å². The van der Waals surface area contributed by atoms with Crippen LogP contribution in [0.5, 0.6) is 0 Å². The fourth-order valence-electron chi connectivity index (χ4n) is 2.66. The highest BCUT2D eigenvalue weighted by Gasteiger charge is 2.25. The van der Waals surface area contributed by atoms with Gasteiger partial charge in [0.2, 0.25) is 11.8 Å². The summed E-state index contributed by atoms with van der Waals surface area (Å²) in [5.41, 5.74) is 1.83. The minimum atomic E-state index is -0.602. The van der Waals surface area contributed by atoms with Gasteiger partial charge in [-0.3, -0.25) is 9.59 Å². The Morgan fingerprint density at radius 1 is 1.12 bits per heavy atom. The quantitative estimate of drug-likeness (QED) is 0.771. The molecule has 6 heteroatoms. The average molecular weight is 393 g/mol. The molecule has 0 bridgehead atoms. The number of carbonyl (C=O) groups is 2. The molecule has 1 atom stereocenters. The van der Waals surface area contributed by atoms with Gasteiger partial charge < -0.3 is 10.2 Å². The Morgan fingerprint density at radius 2 is 1.81 bits per heavy atom. The summed E-state index contributed by atoms with van der Waals surface area (Å²) in [5, 5.41) is 3.60. The summed E-state index contributed by atoms with van der Waals surface area (Å²) in [4.78, 5) is 26.5. The van der Waals surface area contributed by atoms with Gasteiger partial charge in [0.05, 0.1) is 0 Å². The minimum Gasteiger partial charge on any atom is -0.357 e. The number of amides is 2. The molecule has 26 heavy (non-hydrogen) atoms. The standard InChI is InChI=1S/C20H22Cl2N2O2/c1-14(20(26)23-2)24(13-16-9-10-17(21)12-18(16)22)19(25)11-8-15-6-4-3-5-7-15/h3-7,9-10,12,14H,8,11,13H2,1-2H3,(H,23,26)/t14-/m0/s1. The first-order valence-corrected chi connectivity index (χ1v) is 9.17. The highest BCUT2D eigenvalue weighted by Crippen LogP contribution is 2.23. The molecule has 0 heterocycles. The van der Waals surface area contributed by atoms with E-state index >= 15 is 0 Å². The molecule has 0 aliphatic carbocycles. The molecule has 0 aromatic heterocycles. The van der Waals surface area contributed by atoms with E-state index in [1.54, 1.807) is 37.1 Å². The normalized spacial score (nSPS) is 11.7. The predicted molar refractivity (Wildman–Crippen MR) is 105 cm³/mol. The van der Waals surface area contributed by atoms with Crippen molar-refractivity contribution >= 4 is 35.0 Å². The van der Waals surface area contributed by atoms with Gasteiger partial charge in [0.1, 0.15) is 6.04 Å². The molecule has 2 aromatic rings. The van der Waals surface area contributed by atoms with E-state index in [0.717, 1.165) is 11.1 Å². The Kier molecular flexibility index (Phi) is 7.49. The topological polar surface area (TPSA) is 49.4 Å². The van der Waals surface area contributed by atoms with Crippen molar-refractivity contribution in [3.05, 3.63) is 69.7 Å². The van der Waals surface area contributed by atoms with Crippen LogP contribution in [0, 0.1) is 0 Å². The van der Waals surface area contributed by atoms with Crippen molar-refractivity contribution in [2.24, 2.45) is 0 Å². The van der Waals surface area contributed by atoms with E-state index in [2.05, 4.69) is 5.32 Å². The van der Waals surface area contributed by atoms with E-state index < -0.39 is 6.04 Å². The first kappa shape index (κ1) is 20.3. The number of hydrogen-bond acceptors (Lipinski definition) is 2. The monoisotopic (exact) mass is 392 g/mol. The lowest BCUT2D eigenvalue weighted by atomic mass is 10.1. The van der Waals surface area contributed by atoms with E-state index in [1.165, 1.54) is 0 Å². The van der Waals surface area contributed by atoms with Crippen molar-refractivity contribution in [2.75, 3.05) is 7.05 Å². The second kappa shape index (κ2) is 9.60. The number of benzene rings is 2. The van der Waals surface area contributed by atoms with Crippen molar-refractivity contribution in [3.8, 4) is 0 Å². The maximum absolute atomic E-state index is 12.8. The summed E-state index contributed by atoms with van der Waals surface area (Å²) in [6, 6.07) is 14.3. The van der Waals surface area contributed by atoms with Crippen molar-refractivity contribution in [1.82, 2.24) is 10.2 Å². The number of nitrogens with one attached hydrogen (secondary N) is 1. The lowest BCUT2D eigenvalue weighted by molar-refractivity contribution is -0.140. The van der Waals surface area contributed by atoms with E-state index in [0.29, 0.717) is 22.9 Å². The first-order chi connectivity index (χ1) is 12.4. The Bertz CT molecular complexity index is 766. The number of nitrogens with zero attached hydrogens (tertiary/aromatic N) is 1. The van der Waals surface area contributed by atoms with Gasteiger partial charge in [-0.25, -0.2) is 0 Å². The second-order valence-corrected chi connectivity index (χ2v) is 6.88. The van der Waals surface area contributed by atoms with Crippen LogP contribution in [0.25, 0.3) is 0 Å². The van der Waals surface area contributed by atoms with E-state index in [1.807, 2.05) is 30.3 Å². The molecule has 1 N–H and O–H groups in total. The molecule has 2 rings (SSSR count). The number of hydrogen-bond donors (Lipinski definition) is 1. The Labute approximate surface area is 164 Å². The molecular weight excluding hydrogens is 371 g/mol. The first-order valence-electron chi connectivity index (χ1n) is 8.41. The molecule has 4 nitrogen and oxygen atoms in total. The molecule has 2 aromatic carbocycles. The van der Waals surface area contributed by atoms with Crippen LogP contribution in [0.4, 0.5) is 0 Å². The smallest absolute Gasteiger partial charge is 0.242 e. The summed E-state index contributed by atoms with van der Waals surface area (Å²) in [6.07, 6.45) is 0.932. The van der Waals surface area contributed by atoms with Gasteiger partial charge in [0, 0.05) is 30.1 Å². The fraction of sp³-hybridized carbons (Fsp3) is 0.300. The van der Waals surface area contributed by atoms with Gasteiger partial charge in [-0.1, -0.05) is 59.6 Å². The van der Waals surface area contributed by atoms with Crippen LogP contribution in [-0.2, 0) is 22.6 Å². The lowest BCUT2D eigenvalue weighted by Gasteiger charge is -2.29. The highest BCUT2D eigenvalue weighted by atomic mass is 35.5. The largest absolute Gasteiger partial charge is 0.357 e. The summed E-state index contributed by atoms with van der Waals surface area (Å²) >= 11 is 12.2. The summed E-state index contributed by atoms with van der Waals surface area (Å²) in [6.45, 7) is 1.96. The van der Waals surface area contributed by atoms with Gasteiger partial charge >= 0.3 is 0 Å². The van der Waals surface area contributed by atoms with Crippen LogP contribution in [0.2, 0.25) is 10.0 Å². The van der Waals surface area contributed by atoms with E-state index in [-0.39, 0.29) is 18.4 Å². The summed E-state index contributed by atoms with van der Waals surface area (Å²) in [7, 11) is 1.56. The molecule has 0 aliphatic rings. The maximum Gasteiger partial charge on any atom is 0.242 e. The summed E-state index contributed by atoms with van der Waals surface area (Å²) in [5.74, 6) is -0.320. The molecular formula is C20H22Cl2N2O2. The van der Waals surface area contributed by atoms with Crippen LogP contribution in [0.15, 0.2) is 48.5 Å². The molecule has 0 unspecified atom stereocenters. The molecule has 0 saturated carbocycles. The van der Waals surface area contributed by atoms with Crippen molar-refractivity contribution in [3.63, 3.8) is 0 Å². The third-order valence-electron chi connectivity index (χ3n) is 4.24. The molecule has 0 aliphatic heterocycles. The fourth-order valence-corrected chi connectivity index (χ4v) is 3.13. The Morgan fingerprint density at radius 3 is 2.42 bits per heavy atom. The van der Waals surface area contributed by atoms with Gasteiger partial charge in [-0.2, -0.15) is 0 Å². The molecule has 0 radical (unpaired) electrons. The number of halogens is 2. The zero-order valence-corrected chi connectivity index (χ0v) is 16.3. The number of likely N-dealkylation sites (N-methyl/N-ethyl adjacent to an activating group) is 1. The number of rotatable bonds is 7. The Hall–Kier alpha value is -2.04. The average Bonchev–Trinajstić information content (AvgIpc) is 2.65. The highest BCUT2D eigenvalue weighted by molar-refractivity contribution is 6.35. The number of carbonyl (C=O) groups excluding carboxylic acids is 2.